The van der Waals surface area contributed by atoms with Gasteiger partial charge in [0.2, 0.25) is 0 Å². The van der Waals surface area contributed by atoms with Crippen molar-refractivity contribution in [1.82, 2.24) is 4.90 Å². The summed E-state index contributed by atoms with van der Waals surface area (Å²) in [6.07, 6.45) is 1.29. The van der Waals surface area contributed by atoms with E-state index in [-0.39, 0.29) is 11.3 Å². The second-order valence-corrected chi connectivity index (χ2v) is 6.07. The number of rotatable bonds is 2. The summed E-state index contributed by atoms with van der Waals surface area (Å²) < 4.78 is 22.7. The highest BCUT2D eigenvalue weighted by atomic mass is 32.2. The predicted octanol–water partition coefficient (Wildman–Crippen LogP) is -0.229. The van der Waals surface area contributed by atoms with Crippen molar-refractivity contribution in [3.63, 3.8) is 0 Å². The average molecular weight is 200 g/mol. The molecule has 72 valence electrons. The number of hydrogen-bond donors (Lipinski definition) is 0. The fourth-order valence-corrected chi connectivity index (χ4v) is 4.33. The van der Waals surface area contributed by atoms with E-state index < -0.39 is 9.84 Å². The second-order valence-electron chi connectivity index (χ2n) is 3.74. The van der Waals surface area contributed by atoms with Crippen LogP contribution in [0.1, 0.15) is 12.8 Å². The van der Waals surface area contributed by atoms with E-state index in [4.69, 9.17) is 5.26 Å². The van der Waals surface area contributed by atoms with E-state index in [9.17, 15) is 8.42 Å². The average Bonchev–Trinajstić information content (AvgIpc) is 2.55. The standard InChI is InChI=1S/C8H12N2O2S/c9-2-1-3-10-5-8-4-7(10)6-13(8,11)12/h7-8H,1,3-6H2. The Morgan fingerprint density at radius 1 is 1.54 bits per heavy atom. The Bertz CT molecular complexity index is 344. The van der Waals surface area contributed by atoms with Gasteiger partial charge in [0, 0.05) is 25.6 Å². The zero-order chi connectivity index (χ0) is 9.47. The van der Waals surface area contributed by atoms with Gasteiger partial charge in [0.1, 0.15) is 0 Å². The maximum Gasteiger partial charge on any atom is 0.156 e. The van der Waals surface area contributed by atoms with E-state index in [2.05, 4.69) is 11.0 Å². The number of nitrogens with zero attached hydrogens (tertiary/aromatic N) is 2. The van der Waals surface area contributed by atoms with Gasteiger partial charge >= 0.3 is 0 Å². The molecule has 0 aliphatic carbocycles. The van der Waals surface area contributed by atoms with Crippen LogP contribution in [-0.4, -0.2) is 43.5 Å². The third kappa shape index (κ3) is 1.45. The maximum atomic E-state index is 11.4. The van der Waals surface area contributed by atoms with Crippen molar-refractivity contribution in [2.45, 2.75) is 24.1 Å². The lowest BCUT2D eigenvalue weighted by Gasteiger charge is -2.25. The van der Waals surface area contributed by atoms with Crippen molar-refractivity contribution in [3.05, 3.63) is 0 Å². The monoisotopic (exact) mass is 200 g/mol. The number of nitriles is 1. The van der Waals surface area contributed by atoms with E-state index in [0.717, 1.165) is 13.0 Å². The molecule has 4 nitrogen and oxygen atoms in total. The number of sulfone groups is 1. The molecule has 2 aliphatic rings. The summed E-state index contributed by atoms with van der Waals surface area (Å²) in [4.78, 5) is 2.13. The summed E-state index contributed by atoms with van der Waals surface area (Å²) in [5, 5.41) is 8.26. The van der Waals surface area contributed by atoms with Crippen molar-refractivity contribution in [2.24, 2.45) is 0 Å². The first-order chi connectivity index (χ1) is 6.13. The first-order valence-corrected chi connectivity index (χ1v) is 6.17. The largest absolute Gasteiger partial charge is 0.297 e. The highest BCUT2D eigenvalue weighted by Gasteiger charge is 2.47. The van der Waals surface area contributed by atoms with Gasteiger partial charge in [-0.2, -0.15) is 5.26 Å². The summed E-state index contributed by atoms with van der Waals surface area (Å²) in [6.45, 7) is 1.38. The summed E-state index contributed by atoms with van der Waals surface area (Å²) in [5.74, 6) is 0.309. The molecule has 0 aromatic heterocycles. The SMILES string of the molecule is N#CCCN1CC2CC1CS2(=O)=O. The van der Waals surface area contributed by atoms with E-state index in [0.29, 0.717) is 18.7 Å². The zero-order valence-electron chi connectivity index (χ0n) is 7.31. The summed E-state index contributed by atoms with van der Waals surface area (Å²) >= 11 is 0. The van der Waals surface area contributed by atoms with Gasteiger partial charge in [0.25, 0.3) is 0 Å². The van der Waals surface area contributed by atoms with E-state index in [1.54, 1.807) is 0 Å². The molecule has 0 aromatic carbocycles. The first kappa shape index (κ1) is 8.97. The van der Waals surface area contributed by atoms with Gasteiger partial charge in [-0.05, 0) is 6.42 Å². The van der Waals surface area contributed by atoms with Crippen LogP contribution in [0.15, 0.2) is 0 Å². The van der Waals surface area contributed by atoms with Crippen LogP contribution in [0.2, 0.25) is 0 Å². The molecule has 0 spiro atoms. The Morgan fingerprint density at radius 2 is 2.31 bits per heavy atom. The first-order valence-electron chi connectivity index (χ1n) is 4.46. The topological polar surface area (TPSA) is 61.2 Å². The van der Waals surface area contributed by atoms with Gasteiger partial charge in [-0.15, -0.1) is 0 Å². The Hall–Kier alpha value is -0.600. The van der Waals surface area contributed by atoms with Crippen LogP contribution in [-0.2, 0) is 9.84 Å². The molecule has 5 heteroatoms. The summed E-state index contributed by atoms with van der Waals surface area (Å²) in [7, 11) is -2.77. The molecule has 0 aromatic rings. The molecule has 2 atom stereocenters. The van der Waals surface area contributed by atoms with E-state index in [1.165, 1.54) is 0 Å². The third-order valence-electron chi connectivity index (χ3n) is 2.93. The quantitative estimate of drug-likeness (QED) is 0.618. The Labute approximate surface area is 78.1 Å². The number of likely N-dealkylation sites (tertiary alicyclic amines) is 1. The molecule has 0 radical (unpaired) electrons. The van der Waals surface area contributed by atoms with Crippen LogP contribution in [0, 0.1) is 11.3 Å². The van der Waals surface area contributed by atoms with E-state index in [1.807, 2.05) is 0 Å². The van der Waals surface area contributed by atoms with Crippen LogP contribution in [0.5, 0.6) is 0 Å². The van der Waals surface area contributed by atoms with Gasteiger partial charge < -0.3 is 0 Å². The number of fused-ring (bicyclic) bond motifs is 2. The van der Waals surface area contributed by atoms with Crippen molar-refractivity contribution < 1.29 is 8.42 Å². The molecule has 13 heavy (non-hydrogen) atoms. The molecule has 2 unspecified atom stereocenters. The van der Waals surface area contributed by atoms with Gasteiger partial charge in [-0.25, -0.2) is 8.42 Å². The lowest BCUT2D eigenvalue weighted by atomic mass is 10.2. The molecular weight excluding hydrogens is 188 g/mol. The molecule has 2 heterocycles. The minimum Gasteiger partial charge on any atom is -0.297 e. The normalized spacial score (nSPS) is 36.2. The smallest absolute Gasteiger partial charge is 0.156 e. The van der Waals surface area contributed by atoms with Gasteiger partial charge in [0.05, 0.1) is 17.1 Å². The van der Waals surface area contributed by atoms with Crippen molar-refractivity contribution >= 4 is 9.84 Å². The Morgan fingerprint density at radius 3 is 2.77 bits per heavy atom. The predicted molar refractivity (Wildman–Crippen MR) is 47.8 cm³/mol. The molecule has 2 saturated heterocycles. The van der Waals surface area contributed by atoms with E-state index >= 15 is 0 Å². The molecule has 2 fully saturated rings. The third-order valence-corrected chi connectivity index (χ3v) is 5.14. The van der Waals surface area contributed by atoms with Gasteiger partial charge in [-0.3, -0.25) is 4.90 Å². The van der Waals surface area contributed by atoms with Crippen molar-refractivity contribution in [2.75, 3.05) is 18.8 Å². The van der Waals surface area contributed by atoms with Crippen LogP contribution in [0.25, 0.3) is 0 Å². The summed E-state index contributed by atoms with van der Waals surface area (Å²) in [5.41, 5.74) is 0. The van der Waals surface area contributed by atoms with Crippen LogP contribution in [0.4, 0.5) is 0 Å². The molecule has 2 bridgehead atoms. The maximum absolute atomic E-state index is 11.4. The summed E-state index contributed by atoms with van der Waals surface area (Å²) in [6, 6.07) is 2.28. The molecule has 0 saturated carbocycles. The van der Waals surface area contributed by atoms with Crippen LogP contribution >= 0.6 is 0 Å². The molecule has 2 aliphatic heterocycles. The van der Waals surface area contributed by atoms with Gasteiger partial charge in [-0.1, -0.05) is 0 Å². The fraction of sp³-hybridized carbons (Fsp3) is 0.875. The molecule has 0 N–H and O–H groups in total. The van der Waals surface area contributed by atoms with Crippen LogP contribution < -0.4 is 0 Å². The lowest BCUT2D eigenvalue weighted by molar-refractivity contribution is 0.271. The minimum atomic E-state index is -2.77. The highest BCUT2D eigenvalue weighted by molar-refractivity contribution is 7.92. The molecule has 0 amide bonds. The Kier molecular flexibility index (Phi) is 2.05. The Balaban J connectivity index is 2.00. The zero-order valence-corrected chi connectivity index (χ0v) is 8.13. The van der Waals surface area contributed by atoms with Crippen LogP contribution in [0.3, 0.4) is 0 Å². The number of hydrogen-bond acceptors (Lipinski definition) is 4. The fourth-order valence-electron chi connectivity index (χ4n) is 2.24. The lowest BCUT2D eigenvalue weighted by Crippen LogP contribution is -2.40. The van der Waals surface area contributed by atoms with Crippen molar-refractivity contribution in [1.29, 1.82) is 5.26 Å². The highest BCUT2D eigenvalue weighted by Crippen LogP contribution is 2.32. The minimum absolute atomic E-state index is 0.142. The second kappa shape index (κ2) is 2.96. The molecular formula is C8H12N2O2S. The van der Waals surface area contributed by atoms with Crippen molar-refractivity contribution in [3.8, 4) is 6.07 Å². The van der Waals surface area contributed by atoms with Gasteiger partial charge in [0.15, 0.2) is 9.84 Å². The molecule has 2 rings (SSSR count).